The normalized spacial score (nSPS) is 14.4. The van der Waals surface area contributed by atoms with Crippen LogP contribution in [-0.2, 0) is 17.9 Å². The molecule has 0 bridgehead atoms. The smallest absolute Gasteiger partial charge is 0.270 e. The van der Waals surface area contributed by atoms with Crippen molar-refractivity contribution in [3.8, 4) is 5.88 Å². The molecule has 7 heteroatoms. The first-order valence-corrected chi connectivity index (χ1v) is 5.72. The minimum atomic E-state index is -0.609. The average molecular weight is 253 g/mol. The third-order valence-corrected chi connectivity index (χ3v) is 2.57. The maximum atomic E-state index is 12.1. The summed E-state index contributed by atoms with van der Waals surface area (Å²) in [6.45, 7) is 4.43. The summed E-state index contributed by atoms with van der Waals surface area (Å²) >= 11 is 0. The molecule has 1 amide bonds. The second-order valence-electron chi connectivity index (χ2n) is 4.36. The van der Waals surface area contributed by atoms with Gasteiger partial charge in [-0.05, 0) is 13.8 Å². The van der Waals surface area contributed by atoms with Crippen molar-refractivity contribution in [2.45, 2.75) is 33.0 Å². The number of amides is 1. The van der Waals surface area contributed by atoms with Gasteiger partial charge < -0.3 is 15.2 Å². The Morgan fingerprint density at radius 1 is 1.56 bits per heavy atom. The van der Waals surface area contributed by atoms with Crippen LogP contribution >= 0.6 is 0 Å². The van der Waals surface area contributed by atoms with Crippen LogP contribution in [0.4, 0.5) is 0 Å². The SMILES string of the molecule is CC(C)NC(=O)c1c(O)nc2n(c1=O)CCOC2. The van der Waals surface area contributed by atoms with E-state index >= 15 is 0 Å². The fraction of sp³-hybridized carbons (Fsp3) is 0.545. The lowest BCUT2D eigenvalue weighted by Crippen LogP contribution is -2.39. The molecule has 0 aliphatic carbocycles. The van der Waals surface area contributed by atoms with Gasteiger partial charge in [-0.15, -0.1) is 0 Å². The van der Waals surface area contributed by atoms with Crippen molar-refractivity contribution < 1.29 is 14.6 Å². The monoisotopic (exact) mass is 253 g/mol. The van der Waals surface area contributed by atoms with Crippen molar-refractivity contribution in [3.05, 3.63) is 21.7 Å². The standard InChI is InChI=1S/C11H15N3O4/c1-6(2)12-9(15)8-10(16)13-7-5-18-4-3-14(7)11(8)17/h6,16H,3-5H2,1-2H3,(H,12,15). The molecule has 2 rings (SSSR count). The van der Waals surface area contributed by atoms with Crippen molar-refractivity contribution in [1.29, 1.82) is 0 Å². The quantitative estimate of drug-likeness (QED) is 0.749. The molecule has 98 valence electrons. The van der Waals surface area contributed by atoms with Crippen LogP contribution in [0.15, 0.2) is 4.79 Å². The second-order valence-corrected chi connectivity index (χ2v) is 4.36. The molecule has 18 heavy (non-hydrogen) atoms. The molecule has 0 saturated heterocycles. The Labute approximate surface area is 103 Å². The van der Waals surface area contributed by atoms with Gasteiger partial charge in [-0.25, -0.2) is 0 Å². The molecule has 7 nitrogen and oxygen atoms in total. The summed E-state index contributed by atoms with van der Waals surface area (Å²) in [7, 11) is 0. The molecule has 0 unspecified atom stereocenters. The molecule has 0 saturated carbocycles. The number of carbonyl (C=O) groups excluding carboxylic acids is 1. The molecular weight excluding hydrogens is 238 g/mol. The Bertz CT molecular complexity index is 536. The minimum Gasteiger partial charge on any atom is -0.493 e. The van der Waals surface area contributed by atoms with Crippen LogP contribution in [0.5, 0.6) is 5.88 Å². The predicted octanol–water partition coefficient (Wildman–Crippen LogP) is -0.383. The Kier molecular flexibility index (Phi) is 3.33. The first kappa shape index (κ1) is 12.6. The summed E-state index contributed by atoms with van der Waals surface area (Å²) in [5.74, 6) is -0.818. The summed E-state index contributed by atoms with van der Waals surface area (Å²) in [4.78, 5) is 27.8. The largest absolute Gasteiger partial charge is 0.493 e. The van der Waals surface area contributed by atoms with E-state index in [1.165, 1.54) is 4.57 Å². The fourth-order valence-corrected chi connectivity index (χ4v) is 1.78. The number of hydrogen-bond donors (Lipinski definition) is 2. The van der Waals surface area contributed by atoms with Gasteiger partial charge in [0.1, 0.15) is 12.4 Å². The van der Waals surface area contributed by atoms with Gasteiger partial charge in [-0.3, -0.25) is 14.2 Å². The van der Waals surface area contributed by atoms with E-state index in [1.54, 1.807) is 13.8 Å². The molecule has 2 N–H and O–H groups in total. The third-order valence-electron chi connectivity index (χ3n) is 2.57. The lowest BCUT2D eigenvalue weighted by molar-refractivity contribution is 0.0762. The van der Waals surface area contributed by atoms with E-state index in [2.05, 4.69) is 10.3 Å². The summed E-state index contributed by atoms with van der Waals surface area (Å²) in [5.41, 5.74) is -0.840. The van der Waals surface area contributed by atoms with E-state index in [4.69, 9.17) is 4.74 Å². The number of hydrogen-bond acceptors (Lipinski definition) is 5. The van der Waals surface area contributed by atoms with Crippen LogP contribution in [0.2, 0.25) is 0 Å². The van der Waals surface area contributed by atoms with E-state index < -0.39 is 17.3 Å². The molecule has 1 aromatic heterocycles. The van der Waals surface area contributed by atoms with Crippen molar-refractivity contribution in [2.24, 2.45) is 0 Å². The maximum absolute atomic E-state index is 12.1. The van der Waals surface area contributed by atoms with Crippen LogP contribution in [0, 0.1) is 0 Å². The van der Waals surface area contributed by atoms with Crippen molar-refractivity contribution in [3.63, 3.8) is 0 Å². The van der Waals surface area contributed by atoms with Gasteiger partial charge in [0.2, 0.25) is 5.88 Å². The van der Waals surface area contributed by atoms with Crippen LogP contribution in [-0.4, -0.2) is 33.2 Å². The molecule has 0 spiro atoms. The van der Waals surface area contributed by atoms with E-state index in [0.717, 1.165) is 0 Å². The minimum absolute atomic E-state index is 0.124. The van der Waals surface area contributed by atoms with E-state index in [0.29, 0.717) is 19.0 Å². The summed E-state index contributed by atoms with van der Waals surface area (Å²) in [5, 5.41) is 12.3. The van der Waals surface area contributed by atoms with Gasteiger partial charge in [0.05, 0.1) is 13.2 Å². The van der Waals surface area contributed by atoms with Gasteiger partial charge in [0, 0.05) is 6.04 Å². The van der Waals surface area contributed by atoms with Gasteiger partial charge in [-0.2, -0.15) is 4.98 Å². The molecule has 1 aliphatic heterocycles. The van der Waals surface area contributed by atoms with Crippen molar-refractivity contribution in [1.82, 2.24) is 14.9 Å². The van der Waals surface area contributed by atoms with E-state index in [9.17, 15) is 14.7 Å². The molecule has 0 radical (unpaired) electrons. The third kappa shape index (κ3) is 2.21. The Balaban J connectivity index is 2.48. The van der Waals surface area contributed by atoms with Crippen LogP contribution in [0.25, 0.3) is 0 Å². The fourth-order valence-electron chi connectivity index (χ4n) is 1.78. The first-order valence-electron chi connectivity index (χ1n) is 5.72. The highest BCUT2D eigenvalue weighted by molar-refractivity contribution is 5.96. The van der Waals surface area contributed by atoms with E-state index in [-0.39, 0.29) is 18.2 Å². The zero-order chi connectivity index (χ0) is 13.3. The van der Waals surface area contributed by atoms with Crippen molar-refractivity contribution in [2.75, 3.05) is 6.61 Å². The maximum Gasteiger partial charge on any atom is 0.270 e. The lowest BCUT2D eigenvalue weighted by Gasteiger charge is -2.19. The van der Waals surface area contributed by atoms with Crippen molar-refractivity contribution >= 4 is 5.91 Å². The Morgan fingerprint density at radius 2 is 2.28 bits per heavy atom. The highest BCUT2D eigenvalue weighted by Gasteiger charge is 2.23. The van der Waals surface area contributed by atoms with Gasteiger partial charge in [0.15, 0.2) is 5.56 Å². The number of ether oxygens (including phenoxy) is 1. The number of carbonyl (C=O) groups is 1. The highest BCUT2D eigenvalue weighted by Crippen LogP contribution is 2.13. The lowest BCUT2D eigenvalue weighted by atomic mass is 10.2. The van der Waals surface area contributed by atoms with Crippen LogP contribution in [0.3, 0.4) is 0 Å². The molecular formula is C11H15N3O4. The number of nitrogens with zero attached hydrogens (tertiary/aromatic N) is 2. The van der Waals surface area contributed by atoms with Crippen LogP contribution < -0.4 is 10.9 Å². The van der Waals surface area contributed by atoms with Gasteiger partial charge in [0.25, 0.3) is 11.5 Å². The molecule has 0 atom stereocenters. The Hall–Kier alpha value is -1.89. The number of aromatic nitrogens is 2. The number of aromatic hydroxyl groups is 1. The summed E-state index contributed by atoms with van der Waals surface area (Å²) in [6.07, 6.45) is 0. The summed E-state index contributed by atoms with van der Waals surface area (Å²) < 4.78 is 6.50. The predicted molar refractivity (Wildman–Crippen MR) is 62.4 cm³/mol. The molecule has 2 heterocycles. The Morgan fingerprint density at radius 3 is 2.94 bits per heavy atom. The zero-order valence-electron chi connectivity index (χ0n) is 10.3. The van der Waals surface area contributed by atoms with E-state index in [1.807, 2.05) is 0 Å². The number of rotatable bonds is 2. The molecule has 0 fully saturated rings. The molecule has 1 aromatic rings. The first-order chi connectivity index (χ1) is 8.50. The van der Waals surface area contributed by atoms with Gasteiger partial charge in [-0.1, -0.05) is 0 Å². The number of fused-ring (bicyclic) bond motifs is 1. The molecule has 1 aliphatic rings. The highest BCUT2D eigenvalue weighted by atomic mass is 16.5. The second kappa shape index (κ2) is 4.77. The molecule has 0 aromatic carbocycles. The number of nitrogens with one attached hydrogen (secondary N) is 1. The summed E-state index contributed by atoms with van der Waals surface area (Å²) in [6, 6.07) is -0.124. The zero-order valence-corrected chi connectivity index (χ0v) is 10.3. The van der Waals surface area contributed by atoms with Gasteiger partial charge >= 0.3 is 0 Å². The van der Waals surface area contributed by atoms with Crippen LogP contribution in [0.1, 0.15) is 30.0 Å². The average Bonchev–Trinajstić information content (AvgIpc) is 2.27. The topological polar surface area (TPSA) is 93.5 Å².